The summed E-state index contributed by atoms with van der Waals surface area (Å²) in [5.74, 6) is 2.02. The third kappa shape index (κ3) is 4.32. The van der Waals surface area contributed by atoms with Crippen LogP contribution in [0.15, 0.2) is 30.3 Å². The summed E-state index contributed by atoms with van der Waals surface area (Å²) in [6, 6.07) is 9.28. The number of hydrogen-bond acceptors (Lipinski definition) is 5. The molecule has 5 nitrogen and oxygen atoms in total. The second-order valence-corrected chi connectivity index (χ2v) is 4.99. The minimum Gasteiger partial charge on any atom is -0.439 e. The van der Waals surface area contributed by atoms with Crippen LogP contribution in [0, 0.1) is 3.57 Å². The Kier molecular flexibility index (Phi) is 4.92. The Labute approximate surface area is 125 Å². The molecular weight excluding hydrogens is 357 g/mol. The number of nitrogens with two attached hydrogens (primary N) is 1. The Balaban J connectivity index is 2.17. The van der Waals surface area contributed by atoms with Gasteiger partial charge in [0.1, 0.15) is 18.2 Å². The number of halogens is 1. The first-order chi connectivity index (χ1) is 9.17. The lowest BCUT2D eigenvalue weighted by Gasteiger charge is -2.07. The zero-order chi connectivity index (χ0) is 13.7. The van der Waals surface area contributed by atoms with Crippen molar-refractivity contribution in [3.8, 4) is 11.6 Å². The van der Waals surface area contributed by atoms with Crippen LogP contribution < -0.4 is 10.5 Å². The number of aromatic nitrogens is 2. The van der Waals surface area contributed by atoms with Gasteiger partial charge in [0.2, 0.25) is 5.88 Å². The third-order valence-corrected chi connectivity index (χ3v) is 2.89. The SMILES string of the molecule is CCOCc1nc(N)cc(Oc2cccc(I)c2)n1. The van der Waals surface area contributed by atoms with Crippen molar-refractivity contribution >= 4 is 28.4 Å². The van der Waals surface area contributed by atoms with Crippen LogP contribution >= 0.6 is 22.6 Å². The van der Waals surface area contributed by atoms with E-state index in [1.165, 1.54) is 0 Å². The molecule has 0 saturated carbocycles. The van der Waals surface area contributed by atoms with E-state index in [2.05, 4.69) is 32.6 Å². The van der Waals surface area contributed by atoms with Gasteiger partial charge in [0.25, 0.3) is 0 Å². The van der Waals surface area contributed by atoms with Crippen molar-refractivity contribution in [1.29, 1.82) is 0 Å². The molecule has 0 radical (unpaired) electrons. The van der Waals surface area contributed by atoms with E-state index in [9.17, 15) is 0 Å². The number of rotatable bonds is 5. The number of anilines is 1. The van der Waals surface area contributed by atoms with E-state index in [1.807, 2.05) is 31.2 Å². The Morgan fingerprint density at radius 2 is 2.11 bits per heavy atom. The first kappa shape index (κ1) is 14.0. The molecule has 0 fully saturated rings. The Morgan fingerprint density at radius 3 is 2.84 bits per heavy atom. The number of ether oxygens (including phenoxy) is 2. The van der Waals surface area contributed by atoms with Crippen LogP contribution in [0.2, 0.25) is 0 Å². The molecule has 0 amide bonds. The lowest BCUT2D eigenvalue weighted by atomic mass is 10.3. The lowest BCUT2D eigenvalue weighted by Crippen LogP contribution is -2.03. The van der Waals surface area contributed by atoms with Crippen LogP contribution in [0.1, 0.15) is 12.7 Å². The highest BCUT2D eigenvalue weighted by Crippen LogP contribution is 2.22. The fourth-order valence-electron chi connectivity index (χ4n) is 1.45. The summed E-state index contributed by atoms with van der Waals surface area (Å²) in [5, 5.41) is 0. The first-order valence-electron chi connectivity index (χ1n) is 5.82. The van der Waals surface area contributed by atoms with E-state index in [1.54, 1.807) is 6.07 Å². The van der Waals surface area contributed by atoms with Crippen molar-refractivity contribution in [3.05, 3.63) is 39.7 Å². The number of benzene rings is 1. The van der Waals surface area contributed by atoms with Crippen molar-refractivity contribution in [2.24, 2.45) is 0 Å². The van der Waals surface area contributed by atoms with Crippen molar-refractivity contribution in [2.45, 2.75) is 13.5 Å². The van der Waals surface area contributed by atoms with Gasteiger partial charge in [-0.3, -0.25) is 0 Å². The van der Waals surface area contributed by atoms with Gasteiger partial charge in [-0.1, -0.05) is 6.07 Å². The van der Waals surface area contributed by atoms with Crippen molar-refractivity contribution in [1.82, 2.24) is 9.97 Å². The summed E-state index contributed by atoms with van der Waals surface area (Å²) >= 11 is 2.22. The molecule has 100 valence electrons. The summed E-state index contributed by atoms with van der Waals surface area (Å²) in [6.45, 7) is 2.84. The van der Waals surface area contributed by atoms with Gasteiger partial charge in [-0.15, -0.1) is 0 Å². The fourth-order valence-corrected chi connectivity index (χ4v) is 1.97. The number of nitrogens with zero attached hydrogens (tertiary/aromatic N) is 2. The molecule has 0 spiro atoms. The van der Waals surface area contributed by atoms with Gasteiger partial charge in [-0.05, 0) is 47.7 Å². The van der Waals surface area contributed by atoms with Gasteiger partial charge in [0.15, 0.2) is 5.82 Å². The van der Waals surface area contributed by atoms with Gasteiger partial charge < -0.3 is 15.2 Å². The molecule has 1 aromatic carbocycles. The van der Waals surface area contributed by atoms with Crippen LogP contribution in [0.3, 0.4) is 0 Å². The summed E-state index contributed by atoms with van der Waals surface area (Å²) in [5.41, 5.74) is 5.73. The van der Waals surface area contributed by atoms with Crippen molar-refractivity contribution in [3.63, 3.8) is 0 Å². The highest BCUT2D eigenvalue weighted by atomic mass is 127. The number of hydrogen-bond donors (Lipinski definition) is 1. The molecule has 0 saturated heterocycles. The maximum Gasteiger partial charge on any atom is 0.224 e. The molecule has 0 unspecified atom stereocenters. The summed E-state index contributed by atoms with van der Waals surface area (Å²) in [6.07, 6.45) is 0. The van der Waals surface area contributed by atoms with Crippen LogP contribution in [-0.4, -0.2) is 16.6 Å². The Morgan fingerprint density at radius 1 is 1.26 bits per heavy atom. The summed E-state index contributed by atoms with van der Waals surface area (Å²) in [7, 11) is 0. The predicted molar refractivity (Wildman–Crippen MR) is 81.0 cm³/mol. The monoisotopic (exact) mass is 371 g/mol. The standard InChI is InChI=1S/C13H14IN3O2/c1-2-18-8-12-16-11(15)7-13(17-12)19-10-5-3-4-9(14)6-10/h3-7H,2,8H2,1H3,(H2,15,16,17). The highest BCUT2D eigenvalue weighted by molar-refractivity contribution is 14.1. The zero-order valence-electron chi connectivity index (χ0n) is 10.5. The summed E-state index contributed by atoms with van der Waals surface area (Å²) < 4.78 is 12.0. The molecule has 0 aliphatic carbocycles. The van der Waals surface area contributed by atoms with E-state index in [0.717, 1.165) is 3.57 Å². The zero-order valence-corrected chi connectivity index (χ0v) is 12.6. The van der Waals surface area contributed by atoms with Crippen LogP contribution in [0.25, 0.3) is 0 Å². The molecule has 19 heavy (non-hydrogen) atoms. The topological polar surface area (TPSA) is 70.3 Å². The normalized spacial score (nSPS) is 10.4. The molecule has 2 aromatic rings. The minimum absolute atomic E-state index is 0.324. The molecule has 1 aromatic heterocycles. The van der Waals surface area contributed by atoms with Gasteiger partial charge in [-0.25, -0.2) is 4.98 Å². The van der Waals surface area contributed by atoms with Gasteiger partial charge in [0.05, 0.1) is 0 Å². The van der Waals surface area contributed by atoms with E-state index in [4.69, 9.17) is 15.2 Å². The number of nitrogen functional groups attached to an aromatic ring is 1. The maximum atomic E-state index is 5.73. The van der Waals surface area contributed by atoms with Crippen LogP contribution in [0.4, 0.5) is 5.82 Å². The van der Waals surface area contributed by atoms with Gasteiger partial charge in [0, 0.05) is 16.2 Å². The second-order valence-electron chi connectivity index (χ2n) is 3.74. The molecule has 0 aliphatic rings. The molecule has 0 aliphatic heterocycles. The largest absolute Gasteiger partial charge is 0.439 e. The van der Waals surface area contributed by atoms with Crippen LogP contribution in [0.5, 0.6) is 11.6 Å². The summed E-state index contributed by atoms with van der Waals surface area (Å²) in [4.78, 5) is 8.35. The van der Waals surface area contributed by atoms with E-state index in [-0.39, 0.29) is 0 Å². The fraction of sp³-hybridized carbons (Fsp3) is 0.231. The van der Waals surface area contributed by atoms with Gasteiger partial charge >= 0.3 is 0 Å². The molecule has 1 heterocycles. The van der Waals surface area contributed by atoms with Crippen molar-refractivity contribution in [2.75, 3.05) is 12.3 Å². The third-order valence-electron chi connectivity index (χ3n) is 2.22. The van der Waals surface area contributed by atoms with E-state index >= 15 is 0 Å². The molecule has 0 atom stereocenters. The average molecular weight is 371 g/mol. The molecule has 2 rings (SSSR count). The quantitative estimate of drug-likeness (QED) is 0.819. The lowest BCUT2D eigenvalue weighted by molar-refractivity contribution is 0.128. The molecule has 0 bridgehead atoms. The first-order valence-corrected chi connectivity index (χ1v) is 6.90. The minimum atomic E-state index is 0.324. The molecular formula is C13H14IN3O2. The Bertz CT molecular complexity index is 563. The van der Waals surface area contributed by atoms with E-state index in [0.29, 0.717) is 36.5 Å². The molecule has 2 N–H and O–H groups in total. The predicted octanol–water partition coefficient (Wildman–Crippen LogP) is 2.99. The Hall–Kier alpha value is -1.41. The smallest absolute Gasteiger partial charge is 0.224 e. The molecule has 6 heteroatoms. The van der Waals surface area contributed by atoms with Gasteiger partial charge in [-0.2, -0.15) is 4.98 Å². The average Bonchev–Trinajstić information content (AvgIpc) is 2.35. The maximum absolute atomic E-state index is 5.73. The van der Waals surface area contributed by atoms with Crippen molar-refractivity contribution < 1.29 is 9.47 Å². The van der Waals surface area contributed by atoms with E-state index < -0.39 is 0 Å². The van der Waals surface area contributed by atoms with Crippen LogP contribution in [-0.2, 0) is 11.3 Å². The second kappa shape index (κ2) is 6.67. The highest BCUT2D eigenvalue weighted by Gasteiger charge is 2.05.